The number of nitrogens with zero attached hydrogens (tertiary/aromatic N) is 4. The number of imidazole rings is 1. The minimum Gasteiger partial charge on any atom is -0.394 e. The first kappa shape index (κ1) is 17.7. The summed E-state index contributed by atoms with van der Waals surface area (Å²) in [5, 5.41) is 18.8. The van der Waals surface area contributed by atoms with E-state index in [4.69, 9.17) is 31.1 Å². The zero-order chi connectivity index (χ0) is 17.1. The molecule has 1 saturated heterocycles. The Morgan fingerprint density at radius 1 is 1.35 bits per heavy atom. The van der Waals surface area contributed by atoms with Gasteiger partial charge in [0.2, 0.25) is 14.5 Å². The number of aromatic nitrogens is 4. The van der Waals surface area contributed by atoms with Gasteiger partial charge in [0.15, 0.2) is 11.5 Å². The van der Waals surface area contributed by atoms with Gasteiger partial charge in [-0.3, -0.25) is 10.1 Å². The molecule has 2 aromatic heterocycles. The molecule has 23 heavy (non-hydrogen) atoms. The van der Waals surface area contributed by atoms with Crippen molar-refractivity contribution in [1.82, 2.24) is 19.5 Å². The van der Waals surface area contributed by atoms with Gasteiger partial charge in [0.25, 0.3) is 0 Å². The van der Waals surface area contributed by atoms with Gasteiger partial charge in [-0.05, 0) is 0 Å². The molecule has 1 aliphatic heterocycles. The van der Waals surface area contributed by atoms with Crippen molar-refractivity contribution in [3.05, 3.63) is 6.33 Å². The largest absolute Gasteiger partial charge is 0.394 e. The highest BCUT2D eigenvalue weighted by Gasteiger charge is 2.35. The Morgan fingerprint density at radius 3 is 2.57 bits per heavy atom. The normalized spacial score (nSPS) is 24.0. The third-order valence-electron chi connectivity index (χ3n) is 3.16. The Morgan fingerprint density at radius 2 is 2.00 bits per heavy atom. The molecule has 0 radical (unpaired) electrons. The molecule has 3 atom stereocenters. The minimum absolute atomic E-state index is 0.0454. The molecule has 1 fully saturated rings. The van der Waals surface area contributed by atoms with E-state index in [2.05, 4.69) is 20.5 Å². The van der Waals surface area contributed by atoms with Crippen molar-refractivity contribution in [2.24, 2.45) is 5.50 Å². The third kappa shape index (κ3) is 4.00. The van der Waals surface area contributed by atoms with Gasteiger partial charge in [0.1, 0.15) is 17.8 Å². The van der Waals surface area contributed by atoms with Crippen LogP contribution in [0.3, 0.4) is 0 Å². The average molecular weight is 347 g/mol. The Bertz CT molecular complexity index is 666. The van der Waals surface area contributed by atoms with Crippen LogP contribution in [0.4, 0.5) is 11.8 Å². The molecule has 0 amide bonds. The topological polar surface area (TPSA) is 212 Å². The van der Waals surface area contributed by atoms with Crippen molar-refractivity contribution in [1.29, 1.82) is 0 Å². The quantitative estimate of drug-likeness (QED) is 0.289. The number of nitrogens with two attached hydrogens (primary N) is 3. The fourth-order valence-corrected chi connectivity index (χ4v) is 2.22. The van der Waals surface area contributed by atoms with E-state index >= 15 is 0 Å². The number of aliphatic hydroxyl groups is 2. The maximum absolute atomic E-state index is 9.74. The SMILES string of the molecule is NP(O)O.Nc1nc(N)c2ncn([C@H]3C[C@H](O)[C@@H](CO)O3)c2n1. The first-order chi connectivity index (χ1) is 10.8. The average Bonchev–Trinajstić information content (AvgIpc) is 3.01. The fraction of sp³-hybridized carbons (Fsp3) is 0.500. The molecule has 3 heterocycles. The maximum Gasteiger partial charge on any atom is 0.247 e. The molecular weight excluding hydrogens is 329 g/mol. The highest BCUT2D eigenvalue weighted by molar-refractivity contribution is 7.42. The van der Waals surface area contributed by atoms with Crippen LogP contribution in [0.2, 0.25) is 0 Å². The number of ether oxygens (including phenoxy) is 1. The van der Waals surface area contributed by atoms with Gasteiger partial charge in [-0.1, -0.05) is 0 Å². The number of rotatable bonds is 2. The summed E-state index contributed by atoms with van der Waals surface area (Å²) in [5.41, 5.74) is 16.4. The van der Waals surface area contributed by atoms with Crippen molar-refractivity contribution in [2.75, 3.05) is 18.1 Å². The number of hydrogen-bond acceptors (Lipinski definition) is 11. The van der Waals surface area contributed by atoms with Crippen molar-refractivity contribution < 1.29 is 24.7 Å². The molecule has 3 rings (SSSR count). The lowest BCUT2D eigenvalue weighted by Crippen LogP contribution is -2.24. The summed E-state index contributed by atoms with van der Waals surface area (Å²) in [6.07, 6.45) is 0.0288. The van der Waals surface area contributed by atoms with Gasteiger partial charge in [-0.2, -0.15) is 9.97 Å². The van der Waals surface area contributed by atoms with Crippen molar-refractivity contribution >= 4 is 31.5 Å². The molecule has 0 aliphatic carbocycles. The molecule has 12 nitrogen and oxygen atoms in total. The summed E-state index contributed by atoms with van der Waals surface area (Å²) < 4.78 is 7.16. The molecule has 1 aliphatic rings. The number of fused-ring (bicyclic) bond motifs is 1. The summed E-state index contributed by atoms with van der Waals surface area (Å²) in [5.74, 6) is 0.238. The van der Waals surface area contributed by atoms with Gasteiger partial charge in [0.05, 0.1) is 19.0 Å². The molecule has 128 valence electrons. The number of nitrogen functional groups attached to an aromatic ring is 2. The molecule has 13 heteroatoms. The smallest absolute Gasteiger partial charge is 0.247 e. The van der Waals surface area contributed by atoms with Gasteiger partial charge in [-0.15, -0.1) is 0 Å². The first-order valence-corrected chi connectivity index (χ1v) is 7.77. The standard InChI is InChI=1S/C10H14N6O3.H4NO2P/c11-8-7-9(15-10(12)14-8)16(3-13-7)6-1-4(18)5(2-17)19-6;1-4(2)3/h3-6,17-18H,1-2H2,(H4,11,12,14,15);2-3H,1H2/t4-,5+,6+;/m0./s1. The molecular formula is C10H18N7O5P. The van der Waals surface area contributed by atoms with E-state index in [0.29, 0.717) is 17.6 Å². The Balaban J connectivity index is 0.000000433. The lowest BCUT2D eigenvalue weighted by molar-refractivity contribution is -0.0432. The van der Waals surface area contributed by atoms with E-state index in [0.717, 1.165) is 0 Å². The van der Waals surface area contributed by atoms with Crippen LogP contribution in [-0.2, 0) is 4.74 Å². The predicted octanol–water partition coefficient (Wildman–Crippen LogP) is -2.21. The summed E-state index contributed by atoms with van der Waals surface area (Å²) in [7, 11) is -2.12. The van der Waals surface area contributed by atoms with Crippen LogP contribution < -0.4 is 17.0 Å². The molecule has 0 spiro atoms. The monoisotopic (exact) mass is 347 g/mol. The van der Waals surface area contributed by atoms with Crippen LogP contribution in [0, 0.1) is 0 Å². The first-order valence-electron chi connectivity index (χ1n) is 6.46. The van der Waals surface area contributed by atoms with Crippen molar-refractivity contribution in [3.8, 4) is 0 Å². The zero-order valence-electron chi connectivity index (χ0n) is 11.9. The predicted molar refractivity (Wildman–Crippen MR) is 81.3 cm³/mol. The second-order valence-electron chi connectivity index (χ2n) is 4.73. The van der Waals surface area contributed by atoms with Gasteiger partial charge < -0.3 is 36.2 Å². The van der Waals surface area contributed by atoms with Gasteiger partial charge in [-0.25, -0.2) is 4.98 Å². The van der Waals surface area contributed by atoms with E-state index in [1.807, 2.05) is 0 Å². The highest BCUT2D eigenvalue weighted by Crippen LogP contribution is 2.31. The maximum atomic E-state index is 9.74. The molecule has 10 N–H and O–H groups in total. The minimum atomic E-state index is -2.12. The van der Waals surface area contributed by atoms with Crippen LogP contribution in [0.1, 0.15) is 12.6 Å². The van der Waals surface area contributed by atoms with E-state index in [1.165, 1.54) is 6.33 Å². The lowest BCUT2D eigenvalue weighted by Gasteiger charge is -2.13. The summed E-state index contributed by atoms with van der Waals surface area (Å²) >= 11 is 0. The molecule has 0 unspecified atom stereocenters. The molecule has 0 aromatic carbocycles. The fourth-order valence-electron chi connectivity index (χ4n) is 2.22. The molecule has 2 aromatic rings. The summed E-state index contributed by atoms with van der Waals surface area (Å²) in [6.45, 7) is -0.246. The van der Waals surface area contributed by atoms with E-state index in [1.54, 1.807) is 4.57 Å². The van der Waals surface area contributed by atoms with Crippen LogP contribution in [0.15, 0.2) is 6.33 Å². The van der Waals surface area contributed by atoms with E-state index in [-0.39, 0.29) is 18.4 Å². The lowest BCUT2D eigenvalue weighted by atomic mass is 10.2. The Hall–Kier alpha value is -1.66. The number of hydrogen-bond donors (Lipinski definition) is 7. The summed E-state index contributed by atoms with van der Waals surface area (Å²) in [6, 6.07) is 0. The number of anilines is 2. The molecule has 0 saturated carbocycles. The van der Waals surface area contributed by atoms with Crippen LogP contribution in [-0.4, -0.2) is 58.3 Å². The van der Waals surface area contributed by atoms with Crippen LogP contribution >= 0.6 is 8.53 Å². The van der Waals surface area contributed by atoms with Gasteiger partial charge in [0, 0.05) is 6.42 Å². The second-order valence-corrected chi connectivity index (χ2v) is 5.37. The van der Waals surface area contributed by atoms with Crippen molar-refractivity contribution in [3.63, 3.8) is 0 Å². The Labute approximate surface area is 131 Å². The second kappa shape index (κ2) is 7.27. The summed E-state index contributed by atoms with van der Waals surface area (Å²) in [4.78, 5) is 26.9. The van der Waals surface area contributed by atoms with Crippen LogP contribution in [0.5, 0.6) is 0 Å². The number of aliphatic hydroxyl groups excluding tert-OH is 2. The molecule has 0 bridgehead atoms. The zero-order valence-corrected chi connectivity index (χ0v) is 12.8. The van der Waals surface area contributed by atoms with Crippen LogP contribution in [0.25, 0.3) is 11.2 Å². The van der Waals surface area contributed by atoms with Gasteiger partial charge >= 0.3 is 0 Å². The van der Waals surface area contributed by atoms with Crippen molar-refractivity contribution in [2.45, 2.75) is 24.9 Å². The third-order valence-corrected chi connectivity index (χ3v) is 3.16. The van der Waals surface area contributed by atoms with E-state index in [9.17, 15) is 5.11 Å². The Kier molecular flexibility index (Phi) is 5.59. The van der Waals surface area contributed by atoms with E-state index < -0.39 is 27.0 Å². The highest BCUT2D eigenvalue weighted by atomic mass is 31.2.